The molecule has 4 rings (SSSR count). The molecule has 0 amide bonds. The second kappa shape index (κ2) is 9.96. The Morgan fingerprint density at radius 3 is 1.88 bits per heavy atom. The highest BCUT2D eigenvalue weighted by atomic mass is 32.1. The smallest absolute Gasteiger partial charge is 0.169 e. The maximum Gasteiger partial charge on any atom is 0.169 e. The van der Waals surface area contributed by atoms with Crippen molar-refractivity contribution in [2.75, 3.05) is 0 Å². The van der Waals surface area contributed by atoms with Gasteiger partial charge in [-0.05, 0) is 60.4 Å². The molecule has 3 nitrogen and oxygen atoms in total. The molecule has 0 unspecified atom stereocenters. The van der Waals surface area contributed by atoms with Gasteiger partial charge in [0, 0.05) is 16.0 Å². The van der Waals surface area contributed by atoms with Crippen LogP contribution in [-0.4, -0.2) is 14.8 Å². The van der Waals surface area contributed by atoms with Crippen LogP contribution in [0, 0.1) is 18.8 Å². The summed E-state index contributed by atoms with van der Waals surface area (Å²) in [5, 5.41) is 9.49. The Bertz CT molecular complexity index is 1210. The molecule has 33 heavy (non-hydrogen) atoms. The minimum Gasteiger partial charge on any atom is -0.274 e. The molecule has 1 heterocycles. The summed E-state index contributed by atoms with van der Waals surface area (Å²) < 4.78 is 2.29. The molecule has 4 heteroatoms. The quantitative estimate of drug-likeness (QED) is 0.291. The lowest BCUT2D eigenvalue weighted by Crippen LogP contribution is -2.11. The van der Waals surface area contributed by atoms with E-state index in [9.17, 15) is 0 Å². The molecule has 0 saturated heterocycles. The molecule has 4 aromatic rings. The van der Waals surface area contributed by atoms with Crippen LogP contribution in [0.4, 0.5) is 0 Å². The lowest BCUT2D eigenvalue weighted by Gasteiger charge is -2.22. The first-order valence-electron chi connectivity index (χ1n) is 11.8. The van der Waals surface area contributed by atoms with E-state index in [1.54, 1.807) is 0 Å². The number of aryl methyl sites for hydroxylation is 1. The molecule has 0 aliphatic heterocycles. The number of benzene rings is 3. The van der Waals surface area contributed by atoms with Gasteiger partial charge in [0.2, 0.25) is 0 Å². The van der Waals surface area contributed by atoms with Gasteiger partial charge in [0.15, 0.2) is 11.6 Å². The first-order chi connectivity index (χ1) is 15.8. The van der Waals surface area contributed by atoms with Crippen molar-refractivity contribution in [2.24, 2.45) is 11.8 Å². The Morgan fingerprint density at radius 1 is 0.758 bits per heavy atom. The number of aromatic nitrogens is 3. The van der Waals surface area contributed by atoms with Crippen molar-refractivity contribution in [3.05, 3.63) is 83.4 Å². The maximum atomic E-state index is 4.78. The van der Waals surface area contributed by atoms with Crippen LogP contribution in [0.3, 0.4) is 0 Å². The van der Waals surface area contributed by atoms with Crippen molar-refractivity contribution in [1.82, 2.24) is 14.8 Å². The van der Waals surface area contributed by atoms with Crippen LogP contribution in [-0.2, 0) is 12.8 Å². The van der Waals surface area contributed by atoms with E-state index in [-0.39, 0.29) is 0 Å². The van der Waals surface area contributed by atoms with Crippen LogP contribution >= 0.6 is 12.6 Å². The van der Waals surface area contributed by atoms with Gasteiger partial charge in [-0.3, -0.25) is 4.57 Å². The third kappa shape index (κ3) is 5.06. The third-order valence-electron chi connectivity index (χ3n) is 5.81. The van der Waals surface area contributed by atoms with Gasteiger partial charge in [0.05, 0.1) is 5.69 Å². The van der Waals surface area contributed by atoms with Gasteiger partial charge in [-0.1, -0.05) is 82.3 Å². The molecule has 3 aromatic carbocycles. The number of nitrogens with zero attached hydrogens (tertiary/aromatic N) is 3. The summed E-state index contributed by atoms with van der Waals surface area (Å²) in [5.74, 6) is 2.79. The number of thiol groups is 1. The summed E-state index contributed by atoms with van der Waals surface area (Å²) >= 11 is 4.78. The minimum absolute atomic E-state index is 0.518. The number of hydrogen-bond donors (Lipinski definition) is 1. The van der Waals surface area contributed by atoms with Gasteiger partial charge in [0.1, 0.15) is 0 Å². The maximum absolute atomic E-state index is 4.78. The first-order valence-corrected chi connectivity index (χ1v) is 12.2. The molecule has 0 bridgehead atoms. The van der Waals surface area contributed by atoms with E-state index in [0.717, 1.165) is 40.5 Å². The lowest BCUT2D eigenvalue weighted by atomic mass is 9.93. The average molecular weight is 456 g/mol. The lowest BCUT2D eigenvalue weighted by molar-refractivity contribution is 0.629. The van der Waals surface area contributed by atoms with E-state index in [4.69, 9.17) is 22.8 Å². The molecule has 0 atom stereocenters. The zero-order chi connectivity index (χ0) is 23.5. The topological polar surface area (TPSA) is 30.7 Å². The summed E-state index contributed by atoms with van der Waals surface area (Å²) in [6.07, 6.45) is 1.93. The fraction of sp³-hybridized carbons (Fsp3) is 0.310. The van der Waals surface area contributed by atoms with E-state index >= 15 is 0 Å². The summed E-state index contributed by atoms with van der Waals surface area (Å²) in [6.45, 7) is 11.2. The van der Waals surface area contributed by atoms with E-state index in [0.29, 0.717) is 11.8 Å². The standard InChI is InChI=1S/C29H33N3S/c1-19(2)15-23-17-25(33)18-24(16-20(3)4)27(23)32-28(22-12-7-6-8-13-22)30-31-29(32)26-14-10-9-11-21(26)5/h6-14,17-20,33H,15-16H2,1-5H3. The summed E-state index contributed by atoms with van der Waals surface area (Å²) in [5.41, 5.74) is 7.14. The fourth-order valence-electron chi connectivity index (χ4n) is 4.49. The Morgan fingerprint density at radius 2 is 1.30 bits per heavy atom. The molecule has 0 N–H and O–H groups in total. The monoisotopic (exact) mass is 455 g/mol. The van der Waals surface area contributed by atoms with Gasteiger partial charge in [-0.2, -0.15) is 0 Å². The molecule has 0 aliphatic rings. The zero-order valence-electron chi connectivity index (χ0n) is 20.2. The third-order valence-corrected chi connectivity index (χ3v) is 6.07. The Kier molecular flexibility index (Phi) is 7.04. The molecule has 0 radical (unpaired) electrons. The van der Waals surface area contributed by atoms with E-state index in [1.807, 2.05) is 6.07 Å². The van der Waals surface area contributed by atoms with Crippen LogP contribution in [0.5, 0.6) is 0 Å². The number of hydrogen-bond acceptors (Lipinski definition) is 3. The highest BCUT2D eigenvalue weighted by molar-refractivity contribution is 7.80. The fourth-order valence-corrected chi connectivity index (χ4v) is 4.80. The van der Waals surface area contributed by atoms with Crippen molar-refractivity contribution in [3.8, 4) is 28.5 Å². The zero-order valence-corrected chi connectivity index (χ0v) is 21.1. The SMILES string of the molecule is Cc1ccccc1-c1nnc(-c2ccccc2)n1-c1c(CC(C)C)cc(S)cc1CC(C)C. The molecule has 1 aromatic heterocycles. The van der Waals surface area contributed by atoms with Crippen molar-refractivity contribution in [3.63, 3.8) is 0 Å². The highest BCUT2D eigenvalue weighted by Crippen LogP contribution is 2.36. The van der Waals surface area contributed by atoms with Crippen molar-refractivity contribution in [2.45, 2.75) is 52.4 Å². The van der Waals surface area contributed by atoms with E-state index in [1.165, 1.54) is 22.4 Å². The molecule has 0 saturated carbocycles. The Hall–Kier alpha value is -2.85. The van der Waals surface area contributed by atoms with Crippen molar-refractivity contribution < 1.29 is 0 Å². The van der Waals surface area contributed by atoms with Crippen LogP contribution < -0.4 is 0 Å². The van der Waals surface area contributed by atoms with Gasteiger partial charge in [-0.25, -0.2) is 0 Å². The van der Waals surface area contributed by atoms with Crippen LogP contribution in [0.2, 0.25) is 0 Å². The van der Waals surface area contributed by atoms with Gasteiger partial charge in [0.25, 0.3) is 0 Å². The van der Waals surface area contributed by atoms with E-state index in [2.05, 4.69) is 99.8 Å². The molecular weight excluding hydrogens is 422 g/mol. The minimum atomic E-state index is 0.518. The van der Waals surface area contributed by atoms with Crippen LogP contribution in [0.1, 0.15) is 44.4 Å². The largest absolute Gasteiger partial charge is 0.274 e. The Balaban J connectivity index is 2.09. The second-order valence-electron chi connectivity index (χ2n) is 9.67. The van der Waals surface area contributed by atoms with Crippen LogP contribution in [0.25, 0.3) is 28.5 Å². The molecule has 0 fully saturated rings. The van der Waals surface area contributed by atoms with E-state index < -0.39 is 0 Å². The van der Waals surface area contributed by atoms with Crippen molar-refractivity contribution in [1.29, 1.82) is 0 Å². The van der Waals surface area contributed by atoms with Gasteiger partial charge < -0.3 is 0 Å². The van der Waals surface area contributed by atoms with Gasteiger partial charge >= 0.3 is 0 Å². The molecule has 0 aliphatic carbocycles. The highest BCUT2D eigenvalue weighted by Gasteiger charge is 2.23. The average Bonchev–Trinajstić information content (AvgIpc) is 3.18. The number of rotatable bonds is 7. The first kappa shape index (κ1) is 23.3. The summed E-state index contributed by atoms with van der Waals surface area (Å²) in [7, 11) is 0. The normalized spacial score (nSPS) is 11.5. The molecule has 170 valence electrons. The predicted octanol–water partition coefficient (Wildman–Crippen LogP) is 7.60. The molecule has 0 spiro atoms. The molecular formula is C29H33N3S. The van der Waals surface area contributed by atoms with Crippen molar-refractivity contribution >= 4 is 12.6 Å². The van der Waals surface area contributed by atoms with Gasteiger partial charge in [-0.15, -0.1) is 22.8 Å². The Labute approximate surface area is 203 Å². The van der Waals surface area contributed by atoms with Crippen LogP contribution in [0.15, 0.2) is 71.6 Å². The summed E-state index contributed by atoms with van der Waals surface area (Å²) in [6, 6.07) is 23.2. The predicted molar refractivity (Wildman–Crippen MR) is 141 cm³/mol. The second-order valence-corrected chi connectivity index (χ2v) is 10.2. The summed E-state index contributed by atoms with van der Waals surface area (Å²) in [4.78, 5) is 1.01.